The predicted molar refractivity (Wildman–Crippen MR) is 100 cm³/mol. The first-order valence-corrected chi connectivity index (χ1v) is 9.75. The maximum absolute atomic E-state index is 12.4. The van der Waals surface area contributed by atoms with Crippen LogP contribution in [0.4, 0.5) is 0 Å². The topological polar surface area (TPSA) is 69.7 Å². The third kappa shape index (κ3) is 4.85. The van der Waals surface area contributed by atoms with Gasteiger partial charge in [-0.1, -0.05) is 44.0 Å². The first kappa shape index (κ1) is 19.3. The van der Waals surface area contributed by atoms with Gasteiger partial charge in [0.15, 0.2) is 5.78 Å². The van der Waals surface area contributed by atoms with Gasteiger partial charge in [-0.05, 0) is 24.6 Å². The van der Waals surface area contributed by atoms with Crippen molar-refractivity contribution in [1.82, 2.24) is 0 Å². The van der Waals surface area contributed by atoms with Crippen LogP contribution in [0.1, 0.15) is 55.8 Å². The Balaban J connectivity index is 1.67. The monoisotopic (exact) mass is 370 g/mol. The second-order valence-electron chi connectivity index (χ2n) is 7.30. The molecule has 0 N–H and O–H groups in total. The zero-order valence-corrected chi connectivity index (χ0v) is 15.6. The summed E-state index contributed by atoms with van der Waals surface area (Å²) in [7, 11) is 0. The molecule has 0 unspecified atom stereocenters. The van der Waals surface area contributed by atoms with Crippen molar-refractivity contribution in [2.45, 2.75) is 57.7 Å². The summed E-state index contributed by atoms with van der Waals surface area (Å²) in [6.45, 7) is 2.10. The highest BCUT2D eigenvalue weighted by Crippen LogP contribution is 2.43. The summed E-state index contributed by atoms with van der Waals surface area (Å²) in [4.78, 5) is 36.2. The van der Waals surface area contributed by atoms with Gasteiger partial charge in [0.1, 0.15) is 12.2 Å². The van der Waals surface area contributed by atoms with Crippen molar-refractivity contribution in [3.8, 4) is 0 Å². The Labute approximate surface area is 159 Å². The molecular formula is C22H26O5. The van der Waals surface area contributed by atoms with Gasteiger partial charge in [-0.3, -0.25) is 9.59 Å². The number of unbranched alkanes of at least 4 members (excludes halogenated alkanes) is 2. The van der Waals surface area contributed by atoms with Crippen LogP contribution in [-0.2, 0) is 19.1 Å². The Bertz CT molecular complexity index is 709. The van der Waals surface area contributed by atoms with Crippen molar-refractivity contribution >= 4 is 17.7 Å². The molecule has 1 aliphatic carbocycles. The first-order valence-electron chi connectivity index (χ1n) is 9.75. The molecule has 4 atom stereocenters. The van der Waals surface area contributed by atoms with E-state index < -0.39 is 0 Å². The van der Waals surface area contributed by atoms with Gasteiger partial charge in [0.2, 0.25) is 0 Å². The maximum atomic E-state index is 12.4. The molecular weight excluding hydrogens is 344 g/mol. The molecule has 0 aromatic heterocycles. The number of carbonyl (C=O) groups is 3. The summed E-state index contributed by atoms with van der Waals surface area (Å²) in [6, 6.07) is 8.83. The Kier molecular flexibility index (Phi) is 6.43. The molecule has 1 aliphatic heterocycles. The number of ketones is 1. The van der Waals surface area contributed by atoms with E-state index in [2.05, 4.69) is 6.92 Å². The van der Waals surface area contributed by atoms with Gasteiger partial charge in [-0.25, -0.2) is 4.79 Å². The zero-order valence-electron chi connectivity index (χ0n) is 15.6. The molecule has 1 saturated heterocycles. The third-order valence-corrected chi connectivity index (χ3v) is 5.35. The number of hydrogen-bond donors (Lipinski definition) is 0. The molecule has 27 heavy (non-hydrogen) atoms. The number of allylic oxidation sites excluding steroid dienone is 1. The van der Waals surface area contributed by atoms with E-state index in [-0.39, 0.29) is 41.8 Å². The molecule has 1 aromatic carbocycles. The standard InChI is InChI=1S/C22H26O5/c1-2-3-5-10-16(23)11-12-17-18-13-21(24)26-20(18)14-19(17)27-22(25)15-8-6-4-7-9-15/h4,6-9,11-12,17-20H,2-3,5,10,13-14H2,1H3/b12-11+/t17-,18+,19+,20-/m0/s1. The van der Waals surface area contributed by atoms with E-state index in [4.69, 9.17) is 9.47 Å². The summed E-state index contributed by atoms with van der Waals surface area (Å²) < 4.78 is 11.1. The van der Waals surface area contributed by atoms with Crippen LogP contribution >= 0.6 is 0 Å². The molecule has 1 aromatic rings. The second-order valence-corrected chi connectivity index (χ2v) is 7.30. The van der Waals surface area contributed by atoms with E-state index in [1.165, 1.54) is 0 Å². The average Bonchev–Trinajstić information content (AvgIpc) is 3.16. The van der Waals surface area contributed by atoms with Crippen LogP contribution in [0.25, 0.3) is 0 Å². The number of carbonyl (C=O) groups excluding carboxylic acids is 3. The van der Waals surface area contributed by atoms with Crippen LogP contribution in [0.3, 0.4) is 0 Å². The summed E-state index contributed by atoms with van der Waals surface area (Å²) in [5.74, 6) is -0.745. The van der Waals surface area contributed by atoms with Crippen molar-refractivity contribution < 1.29 is 23.9 Å². The molecule has 0 radical (unpaired) electrons. The number of benzene rings is 1. The van der Waals surface area contributed by atoms with E-state index in [0.717, 1.165) is 19.3 Å². The smallest absolute Gasteiger partial charge is 0.338 e. The number of hydrogen-bond acceptors (Lipinski definition) is 5. The van der Waals surface area contributed by atoms with Crippen molar-refractivity contribution in [2.75, 3.05) is 0 Å². The molecule has 5 heteroatoms. The lowest BCUT2D eigenvalue weighted by Gasteiger charge is -2.20. The SMILES string of the molecule is CCCCCC(=O)/C=C/[C@H]1[C@H]2CC(=O)O[C@H]2C[C@H]1OC(=O)c1ccccc1. The fraction of sp³-hybridized carbons (Fsp3) is 0.500. The fourth-order valence-electron chi connectivity index (χ4n) is 3.92. The first-order chi connectivity index (χ1) is 13.1. The Morgan fingerprint density at radius 3 is 2.74 bits per heavy atom. The molecule has 144 valence electrons. The Morgan fingerprint density at radius 1 is 1.22 bits per heavy atom. The summed E-state index contributed by atoms with van der Waals surface area (Å²) in [5, 5.41) is 0. The molecule has 0 spiro atoms. The van der Waals surface area contributed by atoms with Crippen molar-refractivity contribution in [2.24, 2.45) is 11.8 Å². The third-order valence-electron chi connectivity index (χ3n) is 5.35. The van der Waals surface area contributed by atoms with E-state index in [0.29, 0.717) is 24.8 Å². The van der Waals surface area contributed by atoms with E-state index in [1.807, 2.05) is 12.1 Å². The van der Waals surface area contributed by atoms with Crippen LogP contribution in [0.2, 0.25) is 0 Å². The fourth-order valence-corrected chi connectivity index (χ4v) is 3.92. The Morgan fingerprint density at radius 2 is 2.00 bits per heavy atom. The molecule has 1 saturated carbocycles. The summed E-state index contributed by atoms with van der Waals surface area (Å²) in [6.07, 6.45) is 7.08. The van der Waals surface area contributed by atoms with E-state index in [1.54, 1.807) is 30.3 Å². The molecule has 3 rings (SSSR count). The van der Waals surface area contributed by atoms with Gasteiger partial charge < -0.3 is 9.47 Å². The van der Waals surface area contributed by atoms with E-state index in [9.17, 15) is 14.4 Å². The lowest BCUT2D eigenvalue weighted by Crippen LogP contribution is -2.24. The Hall–Kier alpha value is -2.43. The normalized spacial score (nSPS) is 26.8. The van der Waals surface area contributed by atoms with Crippen molar-refractivity contribution in [3.05, 3.63) is 48.0 Å². The summed E-state index contributed by atoms with van der Waals surface area (Å²) in [5.41, 5.74) is 0.491. The maximum Gasteiger partial charge on any atom is 0.338 e. The van der Waals surface area contributed by atoms with Crippen LogP contribution in [0.5, 0.6) is 0 Å². The molecule has 5 nitrogen and oxygen atoms in total. The highest BCUT2D eigenvalue weighted by Gasteiger charge is 2.50. The van der Waals surface area contributed by atoms with Crippen LogP contribution in [-0.4, -0.2) is 29.9 Å². The van der Waals surface area contributed by atoms with Crippen molar-refractivity contribution in [1.29, 1.82) is 0 Å². The minimum absolute atomic E-state index is 0.0363. The predicted octanol–water partition coefficient (Wildman–Crippen LogP) is 3.87. The second kappa shape index (κ2) is 8.98. The van der Waals surface area contributed by atoms with Gasteiger partial charge in [-0.2, -0.15) is 0 Å². The van der Waals surface area contributed by atoms with Crippen LogP contribution in [0, 0.1) is 11.8 Å². The minimum atomic E-state index is -0.389. The molecule has 0 bridgehead atoms. The lowest BCUT2D eigenvalue weighted by atomic mass is 9.91. The van der Waals surface area contributed by atoms with Gasteiger partial charge >= 0.3 is 11.9 Å². The number of fused-ring (bicyclic) bond motifs is 1. The van der Waals surface area contributed by atoms with Gasteiger partial charge in [0, 0.05) is 24.7 Å². The van der Waals surface area contributed by atoms with Gasteiger partial charge in [-0.15, -0.1) is 0 Å². The van der Waals surface area contributed by atoms with Crippen LogP contribution in [0.15, 0.2) is 42.5 Å². The highest BCUT2D eigenvalue weighted by molar-refractivity contribution is 5.90. The zero-order chi connectivity index (χ0) is 19.2. The number of rotatable bonds is 8. The number of esters is 2. The quantitative estimate of drug-likeness (QED) is 0.395. The molecule has 0 amide bonds. The number of ether oxygens (including phenoxy) is 2. The molecule has 2 fully saturated rings. The average molecular weight is 370 g/mol. The van der Waals surface area contributed by atoms with Gasteiger partial charge in [0.05, 0.1) is 12.0 Å². The van der Waals surface area contributed by atoms with Gasteiger partial charge in [0.25, 0.3) is 0 Å². The summed E-state index contributed by atoms with van der Waals surface area (Å²) >= 11 is 0. The molecule has 2 aliphatic rings. The largest absolute Gasteiger partial charge is 0.462 e. The molecule has 1 heterocycles. The lowest BCUT2D eigenvalue weighted by molar-refractivity contribution is -0.141. The highest BCUT2D eigenvalue weighted by atomic mass is 16.6. The minimum Gasteiger partial charge on any atom is -0.462 e. The van der Waals surface area contributed by atoms with Crippen molar-refractivity contribution in [3.63, 3.8) is 0 Å². The van der Waals surface area contributed by atoms with Crippen LogP contribution < -0.4 is 0 Å². The van der Waals surface area contributed by atoms with E-state index >= 15 is 0 Å².